The van der Waals surface area contributed by atoms with E-state index in [1.165, 1.54) is 20.7 Å². The number of hydrogen-bond acceptors (Lipinski definition) is 5. The molecular formula is C24H27N5O2S. The highest BCUT2D eigenvalue weighted by Gasteiger charge is 2.24. The average Bonchev–Trinajstić information content (AvgIpc) is 3.29. The number of aryl methyl sites for hydroxylation is 2. The highest BCUT2D eigenvalue weighted by atomic mass is 32.1. The molecule has 32 heavy (non-hydrogen) atoms. The van der Waals surface area contributed by atoms with Gasteiger partial charge in [-0.1, -0.05) is 37.3 Å². The summed E-state index contributed by atoms with van der Waals surface area (Å²) in [7, 11) is 0. The lowest BCUT2D eigenvalue weighted by molar-refractivity contribution is -0.122. The molecule has 0 radical (unpaired) electrons. The molecule has 1 aliphatic rings. The monoisotopic (exact) mass is 449 g/mol. The molecule has 2 unspecified atom stereocenters. The molecule has 1 amide bonds. The van der Waals surface area contributed by atoms with Crippen molar-refractivity contribution < 1.29 is 4.79 Å². The summed E-state index contributed by atoms with van der Waals surface area (Å²) in [4.78, 5) is 36.5. The molecule has 2 atom stereocenters. The van der Waals surface area contributed by atoms with Gasteiger partial charge in [0.25, 0.3) is 0 Å². The lowest BCUT2D eigenvalue weighted by Gasteiger charge is -2.17. The summed E-state index contributed by atoms with van der Waals surface area (Å²) in [5, 5.41) is 3.99. The van der Waals surface area contributed by atoms with Gasteiger partial charge in [-0.05, 0) is 56.1 Å². The molecule has 0 fully saturated rings. The van der Waals surface area contributed by atoms with Crippen LogP contribution in [0, 0.1) is 5.92 Å². The van der Waals surface area contributed by atoms with Crippen molar-refractivity contribution in [1.29, 1.82) is 0 Å². The fourth-order valence-electron chi connectivity index (χ4n) is 4.56. The van der Waals surface area contributed by atoms with Crippen molar-refractivity contribution in [2.45, 2.75) is 58.5 Å². The largest absolute Gasteiger partial charge is 0.365 e. The Bertz CT molecular complexity index is 1340. The predicted octanol–water partition coefficient (Wildman–Crippen LogP) is 3.37. The van der Waals surface area contributed by atoms with Crippen LogP contribution in [-0.4, -0.2) is 31.1 Å². The molecule has 0 aliphatic heterocycles. The first-order valence-corrected chi connectivity index (χ1v) is 12.0. The minimum absolute atomic E-state index is 0.00769. The van der Waals surface area contributed by atoms with Crippen LogP contribution in [0.4, 0.5) is 0 Å². The number of thiophene rings is 1. The Morgan fingerprint density at radius 2 is 2.12 bits per heavy atom. The normalized spacial score (nSPS) is 16.9. The second kappa shape index (κ2) is 8.50. The first-order chi connectivity index (χ1) is 15.5. The Hall–Kier alpha value is -3.00. The zero-order chi connectivity index (χ0) is 22.2. The van der Waals surface area contributed by atoms with Crippen molar-refractivity contribution >= 4 is 33.1 Å². The smallest absolute Gasteiger partial charge is 0.352 e. The van der Waals surface area contributed by atoms with Gasteiger partial charge in [0.15, 0.2) is 5.65 Å². The van der Waals surface area contributed by atoms with E-state index in [9.17, 15) is 9.59 Å². The van der Waals surface area contributed by atoms with Crippen LogP contribution in [-0.2, 0) is 30.6 Å². The molecule has 1 N–H and O–H groups in total. The van der Waals surface area contributed by atoms with E-state index in [1.54, 1.807) is 22.2 Å². The minimum Gasteiger partial charge on any atom is -0.352 e. The number of carbonyl (C=O) groups excluding carboxylic acids is 1. The van der Waals surface area contributed by atoms with Crippen molar-refractivity contribution in [2.75, 3.05) is 0 Å². The summed E-state index contributed by atoms with van der Waals surface area (Å²) in [5.41, 5.74) is 2.71. The molecule has 1 aliphatic carbocycles. The molecule has 5 rings (SSSR count). The SMILES string of the molecule is CC1CCc2c(sc3ncn4c(nc(=O)n4CC(=O)NC(C)CCc4ccccc4)c23)C1. The van der Waals surface area contributed by atoms with Gasteiger partial charge in [-0.15, -0.1) is 11.3 Å². The molecule has 0 bridgehead atoms. The average molecular weight is 450 g/mol. The number of hydrogen-bond donors (Lipinski definition) is 1. The highest BCUT2D eigenvalue weighted by molar-refractivity contribution is 7.19. The van der Waals surface area contributed by atoms with Gasteiger partial charge in [-0.3, -0.25) is 4.79 Å². The third kappa shape index (κ3) is 3.95. The van der Waals surface area contributed by atoms with Crippen LogP contribution in [0.3, 0.4) is 0 Å². The summed E-state index contributed by atoms with van der Waals surface area (Å²) in [6.07, 6.45) is 6.51. The van der Waals surface area contributed by atoms with Crippen LogP contribution in [0.15, 0.2) is 41.5 Å². The lowest BCUT2D eigenvalue weighted by atomic mass is 9.89. The first-order valence-electron chi connectivity index (χ1n) is 11.2. The summed E-state index contributed by atoms with van der Waals surface area (Å²) in [6.45, 7) is 4.18. The van der Waals surface area contributed by atoms with E-state index in [0.717, 1.165) is 42.3 Å². The molecule has 3 aromatic heterocycles. The first kappa shape index (κ1) is 20.9. The summed E-state index contributed by atoms with van der Waals surface area (Å²) in [5.74, 6) is 0.467. The lowest BCUT2D eigenvalue weighted by Crippen LogP contribution is -2.38. The van der Waals surface area contributed by atoms with Gasteiger partial charge in [-0.2, -0.15) is 4.98 Å². The topological polar surface area (TPSA) is 81.3 Å². The summed E-state index contributed by atoms with van der Waals surface area (Å²) in [6, 6.07) is 10.2. The number of carbonyl (C=O) groups is 1. The molecule has 0 saturated heterocycles. The minimum atomic E-state index is -0.421. The van der Waals surface area contributed by atoms with Crippen LogP contribution in [0.1, 0.15) is 42.7 Å². The number of nitrogens with one attached hydrogen (secondary N) is 1. The van der Waals surface area contributed by atoms with Crippen LogP contribution < -0.4 is 11.0 Å². The molecule has 3 heterocycles. The maximum absolute atomic E-state index is 12.7. The number of amides is 1. The molecule has 0 spiro atoms. The van der Waals surface area contributed by atoms with Gasteiger partial charge in [0, 0.05) is 10.9 Å². The highest BCUT2D eigenvalue weighted by Crippen LogP contribution is 2.38. The third-order valence-electron chi connectivity index (χ3n) is 6.31. The van der Waals surface area contributed by atoms with Gasteiger partial charge in [0.2, 0.25) is 5.91 Å². The maximum atomic E-state index is 12.7. The molecule has 0 saturated carbocycles. The zero-order valence-corrected chi connectivity index (χ0v) is 19.2. The Morgan fingerprint density at radius 3 is 2.94 bits per heavy atom. The number of benzene rings is 1. The van der Waals surface area contributed by atoms with Crippen LogP contribution in [0.25, 0.3) is 15.9 Å². The van der Waals surface area contributed by atoms with Crippen LogP contribution in [0.5, 0.6) is 0 Å². The van der Waals surface area contributed by atoms with Gasteiger partial charge in [0.1, 0.15) is 17.7 Å². The molecule has 1 aromatic carbocycles. The molecule has 8 heteroatoms. The second-order valence-corrected chi connectivity index (χ2v) is 9.97. The van der Waals surface area contributed by atoms with Crippen LogP contribution >= 0.6 is 11.3 Å². The van der Waals surface area contributed by atoms with Crippen molar-refractivity contribution in [3.63, 3.8) is 0 Å². The van der Waals surface area contributed by atoms with Gasteiger partial charge < -0.3 is 5.32 Å². The Balaban J connectivity index is 1.35. The number of rotatable bonds is 6. The van der Waals surface area contributed by atoms with Crippen molar-refractivity contribution in [1.82, 2.24) is 24.5 Å². The molecular weight excluding hydrogens is 422 g/mol. The standard InChI is InChI=1S/C24H27N5O2S/c1-15-8-11-18-19(12-15)32-23-21(18)22-27-24(31)28(29(22)14-25-23)13-20(30)26-16(2)9-10-17-6-4-3-5-7-17/h3-7,14-16H,8-13H2,1-2H3,(H,26,30). The van der Waals surface area contributed by atoms with Crippen LogP contribution in [0.2, 0.25) is 0 Å². The van der Waals surface area contributed by atoms with Crippen molar-refractivity contribution in [3.8, 4) is 0 Å². The van der Waals surface area contributed by atoms with Gasteiger partial charge in [-0.25, -0.2) is 19.0 Å². The Kier molecular flexibility index (Phi) is 5.55. The Morgan fingerprint density at radius 1 is 1.31 bits per heavy atom. The van der Waals surface area contributed by atoms with E-state index in [0.29, 0.717) is 11.6 Å². The quantitative estimate of drug-likeness (QED) is 0.489. The number of fused-ring (bicyclic) bond motifs is 5. The number of aromatic nitrogens is 4. The molecule has 4 aromatic rings. The summed E-state index contributed by atoms with van der Waals surface area (Å²) < 4.78 is 3.01. The predicted molar refractivity (Wildman–Crippen MR) is 126 cm³/mol. The van der Waals surface area contributed by atoms with Gasteiger partial charge in [0.05, 0.1) is 5.39 Å². The van der Waals surface area contributed by atoms with E-state index < -0.39 is 5.69 Å². The van der Waals surface area contributed by atoms with E-state index in [2.05, 4.69) is 34.3 Å². The van der Waals surface area contributed by atoms with E-state index in [1.807, 2.05) is 25.1 Å². The Labute approximate surface area is 190 Å². The maximum Gasteiger partial charge on any atom is 0.365 e. The molecule has 166 valence electrons. The fraction of sp³-hybridized carbons (Fsp3) is 0.417. The van der Waals surface area contributed by atoms with E-state index in [-0.39, 0.29) is 18.5 Å². The van der Waals surface area contributed by atoms with E-state index >= 15 is 0 Å². The van der Waals surface area contributed by atoms with Gasteiger partial charge >= 0.3 is 5.69 Å². The zero-order valence-electron chi connectivity index (χ0n) is 18.4. The third-order valence-corrected chi connectivity index (χ3v) is 7.47. The number of nitrogens with zero attached hydrogens (tertiary/aromatic N) is 4. The molecule has 7 nitrogen and oxygen atoms in total. The summed E-state index contributed by atoms with van der Waals surface area (Å²) >= 11 is 1.70. The van der Waals surface area contributed by atoms with Crippen molar-refractivity contribution in [2.24, 2.45) is 5.92 Å². The van der Waals surface area contributed by atoms with E-state index in [4.69, 9.17) is 0 Å². The van der Waals surface area contributed by atoms with Crippen molar-refractivity contribution in [3.05, 3.63) is 63.1 Å². The fourth-order valence-corrected chi connectivity index (χ4v) is 5.90. The second-order valence-electron chi connectivity index (χ2n) is 8.89.